The van der Waals surface area contributed by atoms with Crippen molar-refractivity contribution in [2.45, 2.75) is 37.4 Å². The molecule has 11 N–H and O–H groups in total. The van der Waals surface area contributed by atoms with E-state index in [-0.39, 0.29) is 12.8 Å². The fourth-order valence-corrected chi connectivity index (χ4v) is 1.89. The number of carbonyl (C=O) groups is 6. The van der Waals surface area contributed by atoms with Crippen LogP contribution in [-0.4, -0.2) is 77.0 Å². The number of primary amides is 2. The largest absolute Gasteiger partial charge is 0.480 e. The fourth-order valence-electron chi connectivity index (χ4n) is 1.89. The van der Waals surface area contributed by atoms with Gasteiger partial charge in [0.15, 0.2) is 0 Å². The van der Waals surface area contributed by atoms with Gasteiger partial charge in [-0.3, -0.25) is 28.8 Å². The highest BCUT2D eigenvalue weighted by molar-refractivity contribution is 5.96. The Morgan fingerprint density at radius 3 is 1.89 bits per heavy atom. The number of aliphatic hydroxyl groups is 1. The number of aliphatic hydroxyl groups excluding tert-OH is 1. The summed E-state index contributed by atoms with van der Waals surface area (Å²) in [5.41, 5.74) is 15.3. The van der Waals surface area contributed by atoms with E-state index >= 15 is 0 Å². The zero-order valence-corrected chi connectivity index (χ0v) is 14.8. The van der Waals surface area contributed by atoms with Crippen LogP contribution in [-0.2, 0) is 28.8 Å². The van der Waals surface area contributed by atoms with E-state index in [1.165, 1.54) is 0 Å². The van der Waals surface area contributed by atoms with Gasteiger partial charge in [-0.05, 0) is 6.42 Å². The monoisotopic (exact) mass is 404 g/mol. The van der Waals surface area contributed by atoms with Crippen molar-refractivity contribution in [1.29, 1.82) is 0 Å². The van der Waals surface area contributed by atoms with Crippen LogP contribution >= 0.6 is 0 Å². The van der Waals surface area contributed by atoms with Crippen LogP contribution in [0.25, 0.3) is 0 Å². The van der Waals surface area contributed by atoms with Crippen LogP contribution < -0.4 is 33.2 Å². The second-order valence-corrected chi connectivity index (χ2v) is 5.70. The zero-order chi connectivity index (χ0) is 21.9. The highest BCUT2D eigenvalue weighted by atomic mass is 16.4. The molecular formula is C14H24N6O8. The number of nitrogens with one attached hydrogen (secondary N) is 3. The van der Waals surface area contributed by atoms with E-state index in [0.717, 1.165) is 0 Å². The first kappa shape index (κ1) is 24.7. The topological polar surface area (TPSA) is 257 Å². The number of nitrogens with two attached hydrogens (primary N) is 3. The molecule has 14 heteroatoms. The van der Waals surface area contributed by atoms with E-state index in [4.69, 9.17) is 27.4 Å². The maximum atomic E-state index is 12.4. The summed E-state index contributed by atoms with van der Waals surface area (Å²) < 4.78 is 0. The smallest absolute Gasteiger partial charge is 0.322 e. The van der Waals surface area contributed by atoms with Gasteiger partial charge < -0.3 is 43.4 Å². The number of amides is 5. The first-order valence-electron chi connectivity index (χ1n) is 8.01. The van der Waals surface area contributed by atoms with E-state index in [1.54, 1.807) is 0 Å². The predicted molar refractivity (Wildman–Crippen MR) is 91.8 cm³/mol. The predicted octanol–water partition coefficient (Wildman–Crippen LogP) is -5.38. The van der Waals surface area contributed by atoms with Crippen molar-refractivity contribution in [1.82, 2.24) is 16.0 Å². The Morgan fingerprint density at radius 1 is 0.857 bits per heavy atom. The second-order valence-electron chi connectivity index (χ2n) is 5.70. The van der Waals surface area contributed by atoms with E-state index in [0.29, 0.717) is 0 Å². The van der Waals surface area contributed by atoms with Gasteiger partial charge in [0.25, 0.3) is 0 Å². The van der Waals surface area contributed by atoms with Crippen molar-refractivity contribution in [3.63, 3.8) is 0 Å². The molecule has 0 saturated heterocycles. The van der Waals surface area contributed by atoms with Crippen LogP contribution in [0.4, 0.5) is 0 Å². The molecule has 14 nitrogen and oxygen atoms in total. The van der Waals surface area contributed by atoms with Crippen molar-refractivity contribution < 1.29 is 39.0 Å². The molecule has 0 aliphatic heterocycles. The van der Waals surface area contributed by atoms with Crippen molar-refractivity contribution in [2.75, 3.05) is 13.2 Å². The Bertz CT molecular complexity index is 625. The van der Waals surface area contributed by atoms with Crippen LogP contribution in [0.5, 0.6) is 0 Å². The molecule has 0 rings (SSSR count). The maximum absolute atomic E-state index is 12.4. The zero-order valence-electron chi connectivity index (χ0n) is 14.8. The number of rotatable bonds is 13. The molecule has 0 aromatic carbocycles. The summed E-state index contributed by atoms with van der Waals surface area (Å²) in [5.74, 6) is -5.97. The van der Waals surface area contributed by atoms with Crippen LogP contribution in [0.1, 0.15) is 19.3 Å². The lowest BCUT2D eigenvalue weighted by atomic mass is 10.1. The number of hydrogen-bond donors (Lipinski definition) is 8. The molecule has 0 aliphatic carbocycles. The molecule has 0 aliphatic rings. The molecule has 0 aromatic rings. The number of carboxylic acid groups (broad SMARTS) is 1. The van der Waals surface area contributed by atoms with E-state index in [2.05, 4.69) is 10.6 Å². The minimum Gasteiger partial charge on any atom is -0.480 e. The molecule has 0 saturated carbocycles. The van der Waals surface area contributed by atoms with Crippen LogP contribution in [0.3, 0.4) is 0 Å². The highest BCUT2D eigenvalue weighted by Crippen LogP contribution is 2.01. The summed E-state index contributed by atoms with van der Waals surface area (Å²) in [4.78, 5) is 68.8. The molecule has 28 heavy (non-hydrogen) atoms. The van der Waals surface area contributed by atoms with E-state index < -0.39 is 73.2 Å². The molecule has 0 heterocycles. The average molecular weight is 404 g/mol. The Balaban J connectivity index is 5.26. The van der Waals surface area contributed by atoms with Gasteiger partial charge >= 0.3 is 5.97 Å². The number of aliphatic carboxylic acids is 1. The molecule has 158 valence electrons. The Hall–Kier alpha value is -3.26. The lowest BCUT2D eigenvalue weighted by Gasteiger charge is -2.23. The lowest BCUT2D eigenvalue weighted by Crippen LogP contribution is -2.57. The molecule has 0 bridgehead atoms. The van der Waals surface area contributed by atoms with Gasteiger partial charge in [-0.2, -0.15) is 0 Å². The molecular weight excluding hydrogens is 380 g/mol. The van der Waals surface area contributed by atoms with E-state index in [1.807, 2.05) is 5.32 Å². The van der Waals surface area contributed by atoms with E-state index in [9.17, 15) is 28.8 Å². The Labute approximate surface area is 159 Å². The van der Waals surface area contributed by atoms with Gasteiger partial charge in [0.1, 0.15) is 24.7 Å². The molecule has 5 amide bonds. The normalized spacial score (nSPS) is 13.5. The fraction of sp³-hybridized carbons (Fsp3) is 0.571. The molecule has 0 spiro atoms. The number of hydrogen-bond acceptors (Lipinski definition) is 8. The van der Waals surface area contributed by atoms with Gasteiger partial charge in [0.05, 0.1) is 13.0 Å². The summed E-state index contributed by atoms with van der Waals surface area (Å²) in [6.07, 6.45) is -1.22. The average Bonchev–Trinajstić information content (AvgIpc) is 2.60. The lowest BCUT2D eigenvalue weighted by molar-refractivity contribution is -0.139. The van der Waals surface area contributed by atoms with Gasteiger partial charge in [-0.1, -0.05) is 0 Å². The second kappa shape index (κ2) is 12.2. The van der Waals surface area contributed by atoms with Crippen molar-refractivity contribution in [3.8, 4) is 0 Å². The minimum atomic E-state index is -1.52. The molecule has 0 aromatic heterocycles. The Morgan fingerprint density at radius 2 is 1.43 bits per heavy atom. The van der Waals surface area contributed by atoms with Crippen molar-refractivity contribution >= 4 is 35.5 Å². The van der Waals surface area contributed by atoms with Gasteiger partial charge in [-0.15, -0.1) is 0 Å². The van der Waals surface area contributed by atoms with Crippen molar-refractivity contribution in [3.05, 3.63) is 0 Å². The Kier molecular flexibility index (Phi) is 10.8. The summed E-state index contributed by atoms with van der Waals surface area (Å²) in [6.45, 7) is -1.47. The van der Waals surface area contributed by atoms with Crippen LogP contribution in [0.2, 0.25) is 0 Å². The molecule has 3 unspecified atom stereocenters. The van der Waals surface area contributed by atoms with Crippen molar-refractivity contribution in [2.24, 2.45) is 17.2 Å². The number of carboxylic acids is 1. The standard InChI is InChI=1S/C14H24N6O8/c15-6(5-21)12(26)20-8(3-10(17)23)14(28)19-7(1-2-9(16)22)13(27)18-4-11(24)25/h6-8,21H,1-5,15H2,(H2,16,22)(H2,17,23)(H,18,27)(H,19,28)(H,20,26)(H,24,25). The molecule has 0 radical (unpaired) electrons. The third-order valence-corrected chi connectivity index (χ3v) is 3.30. The molecule has 0 fully saturated rings. The summed E-state index contributed by atoms with van der Waals surface area (Å²) in [5, 5.41) is 23.8. The van der Waals surface area contributed by atoms with Gasteiger partial charge in [0, 0.05) is 6.42 Å². The molecule has 3 atom stereocenters. The summed E-state index contributed by atoms with van der Waals surface area (Å²) >= 11 is 0. The first-order chi connectivity index (χ1) is 13.0. The number of carbonyl (C=O) groups excluding carboxylic acids is 5. The highest BCUT2D eigenvalue weighted by Gasteiger charge is 2.29. The maximum Gasteiger partial charge on any atom is 0.322 e. The SMILES string of the molecule is NC(=O)CCC(NC(=O)C(CC(N)=O)NC(=O)C(N)CO)C(=O)NCC(=O)O. The van der Waals surface area contributed by atoms with Crippen LogP contribution in [0, 0.1) is 0 Å². The minimum absolute atomic E-state index is 0.264. The third kappa shape index (κ3) is 10.0. The first-order valence-corrected chi connectivity index (χ1v) is 8.01. The third-order valence-electron chi connectivity index (χ3n) is 3.30. The van der Waals surface area contributed by atoms with Gasteiger partial charge in [0.2, 0.25) is 29.5 Å². The quantitative estimate of drug-likeness (QED) is 0.145. The summed E-state index contributed by atoms with van der Waals surface area (Å²) in [7, 11) is 0. The summed E-state index contributed by atoms with van der Waals surface area (Å²) in [6, 6.07) is -4.27. The van der Waals surface area contributed by atoms with Crippen LogP contribution in [0.15, 0.2) is 0 Å². The van der Waals surface area contributed by atoms with Gasteiger partial charge in [-0.25, -0.2) is 0 Å².